The maximum atomic E-state index is 12.1. The predicted molar refractivity (Wildman–Crippen MR) is 64.9 cm³/mol. The van der Waals surface area contributed by atoms with Gasteiger partial charge in [-0.2, -0.15) is 5.26 Å². The molecule has 0 radical (unpaired) electrons. The van der Waals surface area contributed by atoms with Gasteiger partial charge in [-0.25, -0.2) is 0 Å². The Balaban J connectivity index is 4.26. The summed E-state index contributed by atoms with van der Waals surface area (Å²) in [4.78, 5) is 1.71. The lowest BCUT2D eigenvalue weighted by atomic mass is 10.5. The Hall–Kier alpha value is -0.440. The summed E-state index contributed by atoms with van der Waals surface area (Å²) in [7, 11) is -3.05. The molecule has 17 heavy (non-hydrogen) atoms. The number of aliphatic hydroxyl groups excluding tert-OH is 1. The zero-order chi connectivity index (χ0) is 13.1. The first-order valence-electron chi connectivity index (χ1n) is 5.70. The van der Waals surface area contributed by atoms with Gasteiger partial charge < -0.3 is 14.2 Å². The summed E-state index contributed by atoms with van der Waals surface area (Å²) in [5.41, 5.74) is 0. The zero-order valence-electron chi connectivity index (χ0n) is 10.5. The Morgan fingerprint density at radius 2 is 1.88 bits per heavy atom. The highest BCUT2D eigenvalue weighted by Crippen LogP contribution is 2.47. The third kappa shape index (κ3) is 7.48. The van der Waals surface area contributed by atoms with E-state index in [9.17, 15) is 4.57 Å². The maximum Gasteiger partial charge on any atom is 0.331 e. The molecule has 0 aromatic rings. The van der Waals surface area contributed by atoms with Crippen molar-refractivity contribution < 1.29 is 18.7 Å². The molecule has 1 N–H and O–H groups in total. The fraction of sp³-hybridized carbons (Fsp3) is 0.900. The number of hydrogen-bond acceptors (Lipinski definition) is 6. The number of nitrogens with zero attached hydrogens (tertiary/aromatic N) is 2. The van der Waals surface area contributed by atoms with E-state index >= 15 is 0 Å². The standard InChI is InChI=1S/C10H21N2O4P/c1-3-15-17(14,16-4-2)10-8-12(6-5-11)7-9-13/h13H,3-4,6-10H2,1-2H3. The van der Waals surface area contributed by atoms with Gasteiger partial charge in [0.2, 0.25) is 0 Å². The molecule has 0 spiro atoms. The van der Waals surface area contributed by atoms with Crippen LogP contribution in [0.5, 0.6) is 0 Å². The fourth-order valence-electron chi connectivity index (χ4n) is 1.33. The molecule has 0 heterocycles. The lowest BCUT2D eigenvalue weighted by Gasteiger charge is -2.22. The minimum Gasteiger partial charge on any atom is -0.395 e. The lowest BCUT2D eigenvalue weighted by molar-refractivity contribution is 0.199. The van der Waals surface area contributed by atoms with E-state index in [2.05, 4.69) is 0 Å². The molecule has 100 valence electrons. The molecule has 0 saturated heterocycles. The van der Waals surface area contributed by atoms with Gasteiger partial charge in [0.15, 0.2) is 0 Å². The average Bonchev–Trinajstić information content (AvgIpc) is 2.27. The molecule has 0 amide bonds. The van der Waals surface area contributed by atoms with Crippen LogP contribution in [0.1, 0.15) is 13.8 Å². The van der Waals surface area contributed by atoms with E-state index in [1.165, 1.54) is 0 Å². The molecular weight excluding hydrogens is 243 g/mol. The predicted octanol–water partition coefficient (Wildman–Crippen LogP) is 1.07. The minimum atomic E-state index is -3.05. The van der Waals surface area contributed by atoms with Gasteiger partial charge >= 0.3 is 7.60 Å². The van der Waals surface area contributed by atoms with E-state index < -0.39 is 7.60 Å². The van der Waals surface area contributed by atoms with Crippen molar-refractivity contribution >= 4 is 7.60 Å². The summed E-state index contributed by atoms with van der Waals surface area (Å²) in [5.74, 6) is 0. The molecule has 0 aromatic heterocycles. The molecular formula is C10H21N2O4P. The second-order valence-electron chi connectivity index (χ2n) is 3.33. The van der Waals surface area contributed by atoms with Gasteiger partial charge in [0.1, 0.15) is 0 Å². The molecule has 0 fully saturated rings. The molecule has 0 aromatic carbocycles. The zero-order valence-corrected chi connectivity index (χ0v) is 11.4. The number of hydrogen-bond donors (Lipinski definition) is 1. The Labute approximate surface area is 103 Å². The number of aliphatic hydroxyl groups is 1. The normalized spacial score (nSPS) is 11.7. The average molecular weight is 264 g/mol. The van der Waals surface area contributed by atoms with Crippen LogP contribution in [0.2, 0.25) is 0 Å². The van der Waals surface area contributed by atoms with Gasteiger partial charge in [-0.05, 0) is 13.8 Å². The summed E-state index contributed by atoms with van der Waals surface area (Å²) >= 11 is 0. The van der Waals surface area contributed by atoms with Crippen molar-refractivity contribution in [3.8, 4) is 6.07 Å². The summed E-state index contributed by atoms with van der Waals surface area (Å²) < 4.78 is 22.4. The van der Waals surface area contributed by atoms with Crippen LogP contribution in [0, 0.1) is 11.3 Å². The van der Waals surface area contributed by atoms with Crippen molar-refractivity contribution in [3.05, 3.63) is 0 Å². The van der Waals surface area contributed by atoms with Crippen molar-refractivity contribution in [1.29, 1.82) is 5.26 Å². The molecule has 0 aliphatic rings. The van der Waals surface area contributed by atoms with Crippen molar-refractivity contribution in [3.63, 3.8) is 0 Å². The van der Waals surface area contributed by atoms with Gasteiger partial charge in [0.05, 0.1) is 38.6 Å². The summed E-state index contributed by atoms with van der Waals surface area (Å²) in [5, 5.41) is 17.4. The van der Waals surface area contributed by atoms with Crippen LogP contribution in [-0.2, 0) is 13.6 Å². The van der Waals surface area contributed by atoms with Gasteiger partial charge in [-0.1, -0.05) is 0 Å². The van der Waals surface area contributed by atoms with Crippen LogP contribution in [0.4, 0.5) is 0 Å². The first-order chi connectivity index (χ1) is 8.11. The maximum absolute atomic E-state index is 12.1. The van der Waals surface area contributed by atoms with E-state index in [0.717, 1.165) is 0 Å². The van der Waals surface area contributed by atoms with Crippen molar-refractivity contribution in [2.45, 2.75) is 13.8 Å². The molecule has 6 nitrogen and oxygen atoms in total. The molecule has 0 rings (SSSR count). The third-order valence-corrected chi connectivity index (χ3v) is 4.10. The molecule has 0 unspecified atom stereocenters. The summed E-state index contributed by atoms with van der Waals surface area (Å²) in [6.07, 6.45) is 0.232. The van der Waals surface area contributed by atoms with Gasteiger partial charge in [-0.15, -0.1) is 0 Å². The summed E-state index contributed by atoms with van der Waals surface area (Å²) in [6.45, 7) is 5.12. The smallest absolute Gasteiger partial charge is 0.331 e. The van der Waals surface area contributed by atoms with Crippen LogP contribution < -0.4 is 0 Å². The highest BCUT2D eigenvalue weighted by Gasteiger charge is 2.24. The Bertz CT molecular complexity index is 270. The van der Waals surface area contributed by atoms with Crippen LogP contribution in [0.3, 0.4) is 0 Å². The van der Waals surface area contributed by atoms with E-state index in [0.29, 0.717) is 26.3 Å². The highest BCUT2D eigenvalue weighted by atomic mass is 31.2. The Morgan fingerprint density at radius 1 is 1.29 bits per heavy atom. The van der Waals surface area contributed by atoms with E-state index in [1.807, 2.05) is 6.07 Å². The fourth-order valence-corrected chi connectivity index (χ4v) is 2.98. The highest BCUT2D eigenvalue weighted by molar-refractivity contribution is 7.53. The van der Waals surface area contributed by atoms with Crippen LogP contribution in [0.15, 0.2) is 0 Å². The SMILES string of the molecule is CCOP(=O)(CCN(CC#N)CCO)OCC. The van der Waals surface area contributed by atoms with Crippen LogP contribution >= 0.6 is 7.60 Å². The molecule has 0 atom stereocenters. The van der Waals surface area contributed by atoms with Gasteiger partial charge in [0, 0.05) is 13.1 Å². The van der Waals surface area contributed by atoms with E-state index in [4.69, 9.17) is 19.4 Å². The van der Waals surface area contributed by atoms with Crippen LogP contribution in [-0.4, -0.2) is 55.6 Å². The Kier molecular flexibility index (Phi) is 9.33. The molecule has 7 heteroatoms. The van der Waals surface area contributed by atoms with Crippen LogP contribution in [0.25, 0.3) is 0 Å². The topological polar surface area (TPSA) is 82.8 Å². The van der Waals surface area contributed by atoms with Gasteiger partial charge in [-0.3, -0.25) is 9.46 Å². The lowest BCUT2D eigenvalue weighted by Crippen LogP contribution is -2.30. The number of nitriles is 1. The molecule has 0 bridgehead atoms. The van der Waals surface area contributed by atoms with E-state index in [1.54, 1.807) is 18.7 Å². The molecule has 0 aliphatic carbocycles. The van der Waals surface area contributed by atoms with Crippen molar-refractivity contribution in [2.75, 3.05) is 45.6 Å². The molecule has 0 aliphatic heterocycles. The van der Waals surface area contributed by atoms with Gasteiger partial charge in [0.25, 0.3) is 0 Å². The minimum absolute atomic E-state index is 0.0325. The second kappa shape index (κ2) is 9.58. The first-order valence-corrected chi connectivity index (χ1v) is 7.43. The summed E-state index contributed by atoms with van der Waals surface area (Å²) in [6, 6.07) is 2.00. The van der Waals surface area contributed by atoms with E-state index in [-0.39, 0.29) is 19.3 Å². The quantitative estimate of drug-likeness (QED) is 0.469. The van der Waals surface area contributed by atoms with Crippen molar-refractivity contribution in [2.24, 2.45) is 0 Å². The monoisotopic (exact) mass is 264 g/mol. The molecule has 0 saturated carbocycles. The number of rotatable bonds is 10. The van der Waals surface area contributed by atoms with Crippen molar-refractivity contribution in [1.82, 2.24) is 4.90 Å². The second-order valence-corrected chi connectivity index (χ2v) is 5.51. The first kappa shape index (κ1) is 16.6. The Morgan fingerprint density at radius 3 is 2.29 bits per heavy atom. The third-order valence-electron chi connectivity index (χ3n) is 2.05. The largest absolute Gasteiger partial charge is 0.395 e.